The number of para-hydroxylation sites is 1. The summed E-state index contributed by atoms with van der Waals surface area (Å²) in [5.41, 5.74) is -1.41. The molecule has 0 aromatic heterocycles. The number of hydrogen-bond acceptors (Lipinski definition) is 6. The maximum Gasteiger partial charge on any atom is 0.354 e. The first kappa shape index (κ1) is 20.0. The van der Waals surface area contributed by atoms with Crippen molar-refractivity contribution < 1.29 is 24.2 Å². The van der Waals surface area contributed by atoms with Crippen LogP contribution in [0.1, 0.15) is 18.9 Å². The van der Waals surface area contributed by atoms with E-state index in [2.05, 4.69) is 21.0 Å². The van der Waals surface area contributed by atoms with Gasteiger partial charge in [-0.25, -0.2) is 4.79 Å². The molecular weight excluding hydrogens is 428 g/mol. The molecule has 2 aromatic carbocycles. The van der Waals surface area contributed by atoms with E-state index in [0.29, 0.717) is 11.3 Å². The standard InChI is InChI=1S/C20H19BrN2O5/c1-2-27-19(25)17-12-20(26,14-8-10-15(21)11-9-14)23(22-17)18(24)13-28-16-6-4-3-5-7-16/h3-11,26H,2,12-13H2,1H3. The SMILES string of the molecule is CCOC(=O)C1=NN(C(=O)COc2ccccc2)C(O)(c2ccc(Br)cc2)C1. The summed E-state index contributed by atoms with van der Waals surface area (Å²) in [5.74, 6) is -0.747. The second kappa shape index (κ2) is 8.53. The van der Waals surface area contributed by atoms with Gasteiger partial charge in [0.1, 0.15) is 5.75 Å². The average molecular weight is 447 g/mol. The first-order chi connectivity index (χ1) is 13.4. The van der Waals surface area contributed by atoms with E-state index in [1.165, 1.54) is 0 Å². The van der Waals surface area contributed by atoms with Gasteiger partial charge in [0, 0.05) is 10.0 Å². The summed E-state index contributed by atoms with van der Waals surface area (Å²) < 4.78 is 11.3. The Morgan fingerprint density at radius 3 is 2.50 bits per heavy atom. The summed E-state index contributed by atoms with van der Waals surface area (Å²) in [4.78, 5) is 24.9. The number of benzene rings is 2. The molecule has 146 valence electrons. The van der Waals surface area contributed by atoms with E-state index in [-0.39, 0.29) is 25.3 Å². The Labute approximate surface area is 170 Å². The highest BCUT2D eigenvalue weighted by atomic mass is 79.9. The number of amides is 1. The molecule has 1 aliphatic rings. The van der Waals surface area contributed by atoms with Gasteiger partial charge in [0.05, 0.1) is 13.0 Å². The molecule has 7 nitrogen and oxygen atoms in total. The smallest absolute Gasteiger partial charge is 0.354 e. The van der Waals surface area contributed by atoms with Crippen LogP contribution < -0.4 is 4.74 Å². The molecule has 0 spiro atoms. The van der Waals surface area contributed by atoms with Gasteiger partial charge >= 0.3 is 5.97 Å². The summed E-state index contributed by atoms with van der Waals surface area (Å²) in [7, 11) is 0. The van der Waals surface area contributed by atoms with E-state index >= 15 is 0 Å². The fourth-order valence-electron chi connectivity index (χ4n) is 2.80. The molecule has 0 saturated carbocycles. The molecule has 1 atom stereocenters. The maximum absolute atomic E-state index is 12.8. The van der Waals surface area contributed by atoms with Gasteiger partial charge in [-0.3, -0.25) is 4.79 Å². The zero-order valence-electron chi connectivity index (χ0n) is 15.2. The van der Waals surface area contributed by atoms with Crippen LogP contribution in [0.25, 0.3) is 0 Å². The molecule has 2 aromatic rings. The summed E-state index contributed by atoms with van der Waals surface area (Å²) >= 11 is 3.34. The van der Waals surface area contributed by atoms with Crippen molar-refractivity contribution in [3.05, 3.63) is 64.6 Å². The van der Waals surface area contributed by atoms with E-state index in [4.69, 9.17) is 9.47 Å². The highest BCUT2D eigenvalue weighted by Gasteiger charge is 2.48. The van der Waals surface area contributed by atoms with Gasteiger partial charge in [-0.2, -0.15) is 10.1 Å². The molecule has 1 unspecified atom stereocenters. The Balaban J connectivity index is 1.86. The van der Waals surface area contributed by atoms with E-state index in [1.807, 2.05) is 6.07 Å². The highest BCUT2D eigenvalue weighted by molar-refractivity contribution is 9.10. The number of hydrazone groups is 1. The van der Waals surface area contributed by atoms with Crippen molar-refractivity contribution in [2.75, 3.05) is 13.2 Å². The van der Waals surface area contributed by atoms with E-state index in [9.17, 15) is 14.7 Å². The Hall–Kier alpha value is -2.71. The lowest BCUT2D eigenvalue weighted by Crippen LogP contribution is -2.45. The van der Waals surface area contributed by atoms with Crippen molar-refractivity contribution in [3.8, 4) is 5.75 Å². The minimum Gasteiger partial charge on any atom is -0.484 e. The molecule has 1 heterocycles. The lowest BCUT2D eigenvalue weighted by Gasteiger charge is -2.31. The first-order valence-corrected chi connectivity index (χ1v) is 9.47. The Kier molecular flexibility index (Phi) is 6.11. The van der Waals surface area contributed by atoms with Crippen LogP contribution in [0.2, 0.25) is 0 Å². The predicted octanol–water partition coefficient (Wildman–Crippen LogP) is 2.82. The van der Waals surface area contributed by atoms with Crippen LogP contribution in [-0.2, 0) is 20.1 Å². The molecule has 0 bridgehead atoms. The lowest BCUT2D eigenvalue weighted by atomic mass is 9.97. The lowest BCUT2D eigenvalue weighted by molar-refractivity contribution is -0.160. The molecule has 28 heavy (non-hydrogen) atoms. The van der Waals surface area contributed by atoms with Crippen molar-refractivity contribution >= 4 is 33.5 Å². The number of carbonyl (C=O) groups excluding carboxylic acids is 2. The monoisotopic (exact) mass is 446 g/mol. The quantitative estimate of drug-likeness (QED) is 0.689. The van der Waals surface area contributed by atoms with Crippen molar-refractivity contribution in [1.29, 1.82) is 0 Å². The third-order valence-electron chi connectivity index (χ3n) is 4.14. The van der Waals surface area contributed by atoms with E-state index < -0.39 is 17.6 Å². The molecule has 0 fully saturated rings. The van der Waals surface area contributed by atoms with Crippen molar-refractivity contribution in [2.24, 2.45) is 5.10 Å². The van der Waals surface area contributed by atoms with Crippen LogP contribution in [-0.4, -0.2) is 40.9 Å². The number of ether oxygens (including phenoxy) is 2. The molecule has 1 amide bonds. The second-order valence-corrected chi connectivity index (χ2v) is 6.99. The number of nitrogens with zero attached hydrogens (tertiary/aromatic N) is 2. The van der Waals surface area contributed by atoms with Crippen LogP contribution in [0.15, 0.2) is 64.2 Å². The molecule has 3 rings (SSSR count). The second-order valence-electron chi connectivity index (χ2n) is 6.07. The van der Waals surface area contributed by atoms with Gasteiger partial charge < -0.3 is 14.6 Å². The molecule has 1 N–H and O–H groups in total. The summed E-state index contributed by atoms with van der Waals surface area (Å²) in [6.07, 6.45) is -0.176. The van der Waals surface area contributed by atoms with Crippen LogP contribution in [0.4, 0.5) is 0 Å². The number of halogens is 1. The van der Waals surface area contributed by atoms with Crippen molar-refractivity contribution in [3.63, 3.8) is 0 Å². The minimum absolute atomic E-state index is 0.0275. The minimum atomic E-state index is -1.81. The molecule has 0 radical (unpaired) electrons. The Bertz CT molecular complexity index is 885. The fraction of sp³-hybridized carbons (Fsp3) is 0.250. The highest BCUT2D eigenvalue weighted by Crippen LogP contribution is 2.36. The number of aliphatic hydroxyl groups is 1. The van der Waals surface area contributed by atoms with Crippen LogP contribution in [0, 0.1) is 0 Å². The number of hydrogen-bond donors (Lipinski definition) is 1. The fourth-order valence-corrected chi connectivity index (χ4v) is 3.07. The van der Waals surface area contributed by atoms with Gasteiger partial charge in [0.25, 0.3) is 5.91 Å². The van der Waals surface area contributed by atoms with Crippen molar-refractivity contribution in [2.45, 2.75) is 19.1 Å². The maximum atomic E-state index is 12.8. The topological polar surface area (TPSA) is 88.4 Å². The third kappa shape index (κ3) is 4.23. The summed E-state index contributed by atoms with van der Waals surface area (Å²) in [6, 6.07) is 15.6. The number of esters is 1. The molecule has 0 aliphatic carbocycles. The Morgan fingerprint density at radius 1 is 1.18 bits per heavy atom. The molecule has 8 heteroatoms. The van der Waals surface area contributed by atoms with Gasteiger partial charge in [0.2, 0.25) is 0 Å². The summed E-state index contributed by atoms with van der Waals surface area (Å²) in [5, 5.41) is 16.2. The Morgan fingerprint density at radius 2 is 1.86 bits per heavy atom. The zero-order chi connectivity index (χ0) is 20.1. The molecule has 0 saturated heterocycles. The van der Waals surface area contributed by atoms with Crippen LogP contribution >= 0.6 is 15.9 Å². The summed E-state index contributed by atoms with van der Waals surface area (Å²) in [6.45, 7) is 1.49. The van der Waals surface area contributed by atoms with Crippen LogP contribution in [0.5, 0.6) is 5.75 Å². The average Bonchev–Trinajstić information content (AvgIpc) is 3.06. The normalized spacial score (nSPS) is 18.5. The van der Waals surface area contributed by atoms with E-state index in [0.717, 1.165) is 9.48 Å². The molecule has 1 aliphatic heterocycles. The van der Waals surface area contributed by atoms with E-state index in [1.54, 1.807) is 55.5 Å². The van der Waals surface area contributed by atoms with Gasteiger partial charge in [0.15, 0.2) is 18.0 Å². The number of carbonyl (C=O) groups is 2. The first-order valence-electron chi connectivity index (χ1n) is 8.68. The predicted molar refractivity (Wildman–Crippen MR) is 106 cm³/mol. The van der Waals surface area contributed by atoms with Crippen LogP contribution in [0.3, 0.4) is 0 Å². The van der Waals surface area contributed by atoms with Gasteiger partial charge in [-0.1, -0.05) is 46.3 Å². The third-order valence-corrected chi connectivity index (χ3v) is 4.67. The van der Waals surface area contributed by atoms with Gasteiger partial charge in [-0.05, 0) is 31.2 Å². The largest absolute Gasteiger partial charge is 0.484 e. The zero-order valence-corrected chi connectivity index (χ0v) is 16.8. The van der Waals surface area contributed by atoms with Gasteiger partial charge in [-0.15, -0.1) is 0 Å². The molecular formula is C20H19BrN2O5. The van der Waals surface area contributed by atoms with Crippen molar-refractivity contribution in [1.82, 2.24) is 5.01 Å². The number of rotatable bonds is 6.